The van der Waals surface area contributed by atoms with Crippen LogP contribution >= 0.6 is 11.3 Å². The molecule has 2 rings (SSSR count). The Bertz CT molecular complexity index is 634. The predicted octanol–water partition coefficient (Wildman–Crippen LogP) is 2.17. The molecule has 0 saturated heterocycles. The van der Waals surface area contributed by atoms with Crippen molar-refractivity contribution in [1.29, 1.82) is 0 Å². The van der Waals surface area contributed by atoms with E-state index in [1.165, 1.54) is 4.31 Å². The molecular formula is C14H18N2O2S2. The minimum atomic E-state index is -3.30. The van der Waals surface area contributed by atoms with Crippen LogP contribution in [-0.2, 0) is 28.9 Å². The van der Waals surface area contributed by atoms with Crippen molar-refractivity contribution in [3.8, 4) is 0 Å². The topological polar surface area (TPSA) is 63.4 Å². The van der Waals surface area contributed by atoms with Gasteiger partial charge in [-0.05, 0) is 33.5 Å². The van der Waals surface area contributed by atoms with Gasteiger partial charge in [-0.15, -0.1) is 0 Å². The van der Waals surface area contributed by atoms with Crippen molar-refractivity contribution in [2.75, 3.05) is 7.05 Å². The standard InChI is InChI=1S/C14H18N2O2S2/c1-16(9-14-6-7-19-10-14)20(17,18)11-13-4-2-12(8-15)3-5-13/h2-7,10H,8-9,11,15H2,1H3. The lowest BCUT2D eigenvalue weighted by Gasteiger charge is -2.16. The first kappa shape index (κ1) is 15.2. The largest absolute Gasteiger partial charge is 0.326 e. The zero-order chi connectivity index (χ0) is 14.6. The van der Waals surface area contributed by atoms with Crippen LogP contribution in [0.15, 0.2) is 41.1 Å². The summed E-state index contributed by atoms with van der Waals surface area (Å²) < 4.78 is 26.0. The van der Waals surface area contributed by atoms with Crippen LogP contribution in [0.5, 0.6) is 0 Å². The summed E-state index contributed by atoms with van der Waals surface area (Å²) in [6.45, 7) is 0.873. The molecule has 2 aromatic rings. The summed E-state index contributed by atoms with van der Waals surface area (Å²) in [6.07, 6.45) is 0. The highest BCUT2D eigenvalue weighted by Gasteiger charge is 2.18. The maximum Gasteiger partial charge on any atom is 0.218 e. The third-order valence-corrected chi connectivity index (χ3v) is 5.58. The Morgan fingerprint density at radius 1 is 1.10 bits per heavy atom. The molecule has 4 nitrogen and oxygen atoms in total. The highest BCUT2D eigenvalue weighted by atomic mass is 32.2. The highest BCUT2D eigenvalue weighted by molar-refractivity contribution is 7.88. The van der Waals surface area contributed by atoms with Crippen LogP contribution < -0.4 is 5.73 Å². The molecule has 0 aliphatic carbocycles. The third-order valence-electron chi connectivity index (χ3n) is 3.07. The van der Waals surface area contributed by atoms with Gasteiger partial charge in [0.25, 0.3) is 0 Å². The molecule has 0 saturated carbocycles. The molecule has 108 valence electrons. The molecule has 0 spiro atoms. The molecule has 1 aromatic heterocycles. The Labute approximate surface area is 123 Å². The van der Waals surface area contributed by atoms with Gasteiger partial charge < -0.3 is 5.73 Å². The van der Waals surface area contributed by atoms with E-state index in [1.54, 1.807) is 18.4 Å². The number of benzene rings is 1. The summed E-state index contributed by atoms with van der Waals surface area (Å²) in [5, 5.41) is 3.91. The fourth-order valence-corrected chi connectivity index (χ4v) is 3.67. The van der Waals surface area contributed by atoms with Gasteiger partial charge in [-0.3, -0.25) is 0 Å². The van der Waals surface area contributed by atoms with Gasteiger partial charge in [0.1, 0.15) is 0 Å². The van der Waals surface area contributed by atoms with Gasteiger partial charge in [-0.1, -0.05) is 24.3 Å². The summed E-state index contributed by atoms with van der Waals surface area (Å²) in [5.74, 6) is 0.0124. The van der Waals surface area contributed by atoms with E-state index in [1.807, 2.05) is 41.1 Å². The Hall–Kier alpha value is -1.21. The van der Waals surface area contributed by atoms with Crippen molar-refractivity contribution in [1.82, 2.24) is 4.31 Å². The number of sulfonamides is 1. The van der Waals surface area contributed by atoms with Crippen LogP contribution in [0.3, 0.4) is 0 Å². The fraction of sp³-hybridized carbons (Fsp3) is 0.286. The molecule has 0 fully saturated rings. The summed E-state index contributed by atoms with van der Waals surface area (Å²) >= 11 is 1.57. The lowest BCUT2D eigenvalue weighted by atomic mass is 10.1. The summed E-state index contributed by atoms with van der Waals surface area (Å²) in [4.78, 5) is 0. The quantitative estimate of drug-likeness (QED) is 0.889. The first-order chi connectivity index (χ1) is 9.51. The highest BCUT2D eigenvalue weighted by Crippen LogP contribution is 2.15. The zero-order valence-electron chi connectivity index (χ0n) is 11.3. The number of nitrogens with two attached hydrogens (primary N) is 1. The number of nitrogens with zero attached hydrogens (tertiary/aromatic N) is 1. The van der Waals surface area contributed by atoms with Crippen LogP contribution in [0, 0.1) is 0 Å². The second-order valence-corrected chi connectivity index (χ2v) is 7.52. The summed E-state index contributed by atoms with van der Waals surface area (Å²) in [6, 6.07) is 9.30. The summed E-state index contributed by atoms with van der Waals surface area (Å²) in [7, 11) is -1.69. The maximum absolute atomic E-state index is 12.3. The number of rotatable bonds is 6. The van der Waals surface area contributed by atoms with E-state index < -0.39 is 10.0 Å². The Balaban J connectivity index is 2.05. The van der Waals surface area contributed by atoms with Crippen molar-refractivity contribution >= 4 is 21.4 Å². The summed E-state index contributed by atoms with van der Waals surface area (Å²) in [5.41, 5.74) is 8.31. The van der Waals surface area contributed by atoms with Crippen molar-refractivity contribution in [2.24, 2.45) is 5.73 Å². The SMILES string of the molecule is CN(Cc1ccsc1)S(=O)(=O)Cc1ccc(CN)cc1. The minimum absolute atomic E-state index is 0.0124. The van der Waals surface area contributed by atoms with E-state index in [4.69, 9.17) is 5.73 Å². The monoisotopic (exact) mass is 310 g/mol. The van der Waals surface area contributed by atoms with Gasteiger partial charge in [0, 0.05) is 20.1 Å². The molecule has 6 heteroatoms. The van der Waals surface area contributed by atoms with E-state index in [0.717, 1.165) is 16.7 Å². The predicted molar refractivity (Wildman–Crippen MR) is 82.7 cm³/mol. The molecule has 0 radical (unpaired) electrons. The normalized spacial score (nSPS) is 11.9. The molecule has 0 bridgehead atoms. The van der Waals surface area contributed by atoms with Gasteiger partial charge >= 0.3 is 0 Å². The minimum Gasteiger partial charge on any atom is -0.326 e. The molecule has 0 aliphatic rings. The molecule has 0 atom stereocenters. The van der Waals surface area contributed by atoms with Crippen LogP contribution in [0.25, 0.3) is 0 Å². The second kappa shape index (κ2) is 6.49. The molecular weight excluding hydrogens is 292 g/mol. The molecule has 1 heterocycles. The maximum atomic E-state index is 12.3. The first-order valence-electron chi connectivity index (χ1n) is 6.24. The van der Waals surface area contributed by atoms with Crippen molar-refractivity contribution in [3.05, 3.63) is 57.8 Å². The molecule has 0 amide bonds. The Kier molecular flexibility index (Phi) is 4.93. The Morgan fingerprint density at radius 2 is 1.75 bits per heavy atom. The lowest BCUT2D eigenvalue weighted by Crippen LogP contribution is -2.27. The first-order valence-corrected chi connectivity index (χ1v) is 8.79. The van der Waals surface area contributed by atoms with Crippen molar-refractivity contribution in [3.63, 3.8) is 0 Å². The van der Waals surface area contributed by atoms with E-state index in [-0.39, 0.29) is 5.75 Å². The zero-order valence-corrected chi connectivity index (χ0v) is 13.0. The van der Waals surface area contributed by atoms with Crippen LogP contribution in [-0.4, -0.2) is 19.8 Å². The van der Waals surface area contributed by atoms with Gasteiger partial charge in [-0.2, -0.15) is 11.3 Å². The van der Waals surface area contributed by atoms with Gasteiger partial charge in [0.15, 0.2) is 0 Å². The van der Waals surface area contributed by atoms with E-state index in [0.29, 0.717) is 13.1 Å². The Morgan fingerprint density at radius 3 is 2.30 bits per heavy atom. The van der Waals surface area contributed by atoms with Crippen molar-refractivity contribution < 1.29 is 8.42 Å². The number of hydrogen-bond donors (Lipinski definition) is 1. The molecule has 20 heavy (non-hydrogen) atoms. The number of thiophene rings is 1. The van der Waals surface area contributed by atoms with Crippen LogP contribution in [0.4, 0.5) is 0 Å². The van der Waals surface area contributed by atoms with E-state index >= 15 is 0 Å². The fourth-order valence-electron chi connectivity index (χ4n) is 1.83. The van der Waals surface area contributed by atoms with Gasteiger partial charge in [-0.25, -0.2) is 12.7 Å². The van der Waals surface area contributed by atoms with E-state index in [9.17, 15) is 8.42 Å². The smallest absolute Gasteiger partial charge is 0.218 e. The average Bonchev–Trinajstić information content (AvgIpc) is 2.92. The second-order valence-electron chi connectivity index (χ2n) is 4.66. The third kappa shape index (κ3) is 3.89. The molecule has 0 unspecified atom stereocenters. The van der Waals surface area contributed by atoms with Crippen LogP contribution in [0.1, 0.15) is 16.7 Å². The molecule has 1 aromatic carbocycles. The molecule has 2 N–H and O–H groups in total. The molecule has 0 aliphatic heterocycles. The average molecular weight is 310 g/mol. The van der Waals surface area contributed by atoms with Crippen molar-refractivity contribution in [2.45, 2.75) is 18.8 Å². The van der Waals surface area contributed by atoms with Gasteiger partial charge in [0.05, 0.1) is 5.75 Å². The van der Waals surface area contributed by atoms with Crippen LogP contribution in [0.2, 0.25) is 0 Å². The van der Waals surface area contributed by atoms with Gasteiger partial charge in [0.2, 0.25) is 10.0 Å². The lowest BCUT2D eigenvalue weighted by molar-refractivity contribution is 0.466. The number of hydrogen-bond acceptors (Lipinski definition) is 4. The van der Waals surface area contributed by atoms with E-state index in [2.05, 4.69) is 0 Å².